The van der Waals surface area contributed by atoms with Crippen LogP contribution < -0.4 is 10.5 Å². The second kappa shape index (κ2) is 2.74. The molecule has 0 saturated heterocycles. The van der Waals surface area contributed by atoms with Crippen LogP contribution in [0.4, 0.5) is 4.79 Å². The molecule has 66 valence electrons. The fourth-order valence-electron chi connectivity index (χ4n) is 0.966. The molecule has 6 heteroatoms. The number of fused-ring (bicyclic) bond motifs is 1. The van der Waals surface area contributed by atoms with E-state index >= 15 is 0 Å². The number of nitrogens with two attached hydrogens (primary N) is 1. The first-order valence-corrected chi connectivity index (χ1v) is 3.53. The summed E-state index contributed by atoms with van der Waals surface area (Å²) >= 11 is 0. The maximum absolute atomic E-state index is 10.4. The van der Waals surface area contributed by atoms with Gasteiger partial charge in [0, 0.05) is 6.20 Å². The first-order chi connectivity index (χ1) is 6.25. The van der Waals surface area contributed by atoms with Gasteiger partial charge in [0.15, 0.2) is 5.65 Å². The lowest BCUT2D eigenvalue weighted by Gasteiger charge is -1.97. The summed E-state index contributed by atoms with van der Waals surface area (Å²) in [4.78, 5) is 21.1. The van der Waals surface area contributed by atoms with E-state index in [4.69, 9.17) is 5.73 Å². The molecule has 0 atom stereocenters. The van der Waals surface area contributed by atoms with Gasteiger partial charge in [0.05, 0.1) is 6.20 Å². The van der Waals surface area contributed by atoms with E-state index in [1.165, 1.54) is 6.20 Å². The van der Waals surface area contributed by atoms with Gasteiger partial charge in [-0.2, -0.15) is 0 Å². The fraction of sp³-hybridized carbons (Fsp3) is 0. The average Bonchev–Trinajstić information content (AvgIpc) is 2.49. The molecule has 0 aliphatic rings. The second-order valence-electron chi connectivity index (χ2n) is 2.34. The van der Waals surface area contributed by atoms with Crippen LogP contribution in [0.25, 0.3) is 11.2 Å². The molecule has 1 amide bonds. The summed E-state index contributed by atoms with van der Waals surface area (Å²) in [7, 11) is 0. The Morgan fingerprint density at radius 3 is 3.23 bits per heavy atom. The van der Waals surface area contributed by atoms with Crippen molar-refractivity contribution in [3.63, 3.8) is 0 Å². The van der Waals surface area contributed by atoms with Gasteiger partial charge in [-0.3, -0.25) is 0 Å². The molecule has 2 aromatic heterocycles. The van der Waals surface area contributed by atoms with Crippen molar-refractivity contribution >= 4 is 17.3 Å². The number of rotatable bonds is 1. The Kier molecular flexibility index (Phi) is 1.59. The fourth-order valence-corrected chi connectivity index (χ4v) is 0.966. The molecule has 0 bridgehead atoms. The van der Waals surface area contributed by atoms with Crippen LogP contribution in [0.2, 0.25) is 0 Å². The Bertz CT molecular complexity index is 450. The van der Waals surface area contributed by atoms with Crippen LogP contribution in [-0.2, 0) is 0 Å². The number of aromatic amines is 1. The molecule has 0 aliphatic carbocycles. The standard InChI is InChI=1S/C7H6N4O2/c8-7(12)13-5-3-10-6-4(11-5)1-2-9-6/h1-3H,(H2,8,12)(H,9,10). The SMILES string of the molecule is NC(=O)Oc1cnc2[nH]ccc2n1. The largest absolute Gasteiger partial charge is 0.411 e. The van der Waals surface area contributed by atoms with Crippen LogP contribution in [-0.4, -0.2) is 21.0 Å². The highest BCUT2D eigenvalue weighted by molar-refractivity contribution is 5.72. The van der Waals surface area contributed by atoms with Crippen molar-refractivity contribution in [2.45, 2.75) is 0 Å². The van der Waals surface area contributed by atoms with Gasteiger partial charge >= 0.3 is 6.09 Å². The minimum absolute atomic E-state index is 0.0969. The predicted molar refractivity (Wildman–Crippen MR) is 44.1 cm³/mol. The highest BCUT2D eigenvalue weighted by Gasteiger charge is 2.03. The third kappa shape index (κ3) is 1.41. The average molecular weight is 178 g/mol. The lowest BCUT2D eigenvalue weighted by Crippen LogP contribution is -2.16. The maximum Gasteiger partial charge on any atom is 0.411 e. The lowest BCUT2D eigenvalue weighted by atomic mass is 10.5. The molecule has 0 radical (unpaired) electrons. The first kappa shape index (κ1) is 7.53. The predicted octanol–water partition coefficient (Wildman–Crippen LogP) is 0.415. The van der Waals surface area contributed by atoms with E-state index < -0.39 is 6.09 Å². The Labute approximate surface area is 72.7 Å². The van der Waals surface area contributed by atoms with Crippen molar-refractivity contribution in [1.82, 2.24) is 15.0 Å². The van der Waals surface area contributed by atoms with E-state index in [9.17, 15) is 4.79 Å². The zero-order valence-electron chi connectivity index (χ0n) is 6.52. The summed E-state index contributed by atoms with van der Waals surface area (Å²) in [6.07, 6.45) is 2.12. The van der Waals surface area contributed by atoms with Crippen molar-refractivity contribution in [2.24, 2.45) is 5.73 Å². The molecule has 3 N–H and O–H groups in total. The minimum atomic E-state index is -0.899. The summed E-state index contributed by atoms with van der Waals surface area (Å²) in [5.41, 5.74) is 6.07. The van der Waals surface area contributed by atoms with Gasteiger partial charge in [-0.25, -0.2) is 14.8 Å². The Morgan fingerprint density at radius 2 is 2.46 bits per heavy atom. The van der Waals surface area contributed by atoms with Gasteiger partial charge in [0.2, 0.25) is 5.88 Å². The molecular formula is C7H6N4O2. The minimum Gasteiger partial charge on any atom is -0.390 e. The number of nitrogens with zero attached hydrogens (tertiary/aromatic N) is 2. The number of aromatic nitrogens is 3. The second-order valence-corrected chi connectivity index (χ2v) is 2.34. The molecular weight excluding hydrogens is 172 g/mol. The number of amides is 1. The number of H-pyrrole nitrogens is 1. The molecule has 2 rings (SSSR count). The molecule has 0 unspecified atom stereocenters. The Morgan fingerprint density at radius 1 is 1.62 bits per heavy atom. The first-order valence-electron chi connectivity index (χ1n) is 3.53. The van der Waals surface area contributed by atoms with Gasteiger partial charge in [0.25, 0.3) is 0 Å². The molecule has 2 heterocycles. The van der Waals surface area contributed by atoms with Crippen LogP contribution in [0, 0.1) is 0 Å². The number of primary amides is 1. The highest BCUT2D eigenvalue weighted by atomic mass is 16.6. The van der Waals surface area contributed by atoms with Crippen LogP contribution in [0.1, 0.15) is 0 Å². The van der Waals surface area contributed by atoms with Crippen LogP contribution in [0.15, 0.2) is 18.5 Å². The Balaban J connectivity index is 2.42. The van der Waals surface area contributed by atoms with E-state index in [2.05, 4.69) is 19.7 Å². The zero-order chi connectivity index (χ0) is 9.26. The van der Waals surface area contributed by atoms with Gasteiger partial charge < -0.3 is 15.5 Å². The molecule has 0 fully saturated rings. The van der Waals surface area contributed by atoms with E-state index in [0.717, 1.165) is 0 Å². The maximum atomic E-state index is 10.4. The number of hydrogen-bond donors (Lipinski definition) is 2. The van der Waals surface area contributed by atoms with Crippen LogP contribution >= 0.6 is 0 Å². The van der Waals surface area contributed by atoms with E-state index in [-0.39, 0.29) is 5.88 Å². The van der Waals surface area contributed by atoms with E-state index in [1.807, 2.05) is 0 Å². The van der Waals surface area contributed by atoms with Crippen LogP contribution in [0.5, 0.6) is 5.88 Å². The zero-order valence-corrected chi connectivity index (χ0v) is 6.52. The number of nitrogens with one attached hydrogen (secondary N) is 1. The molecule has 0 spiro atoms. The van der Waals surface area contributed by atoms with E-state index in [0.29, 0.717) is 11.2 Å². The van der Waals surface area contributed by atoms with Crippen molar-refractivity contribution in [1.29, 1.82) is 0 Å². The van der Waals surface area contributed by atoms with Gasteiger partial charge in [-0.15, -0.1) is 0 Å². The van der Waals surface area contributed by atoms with Crippen molar-refractivity contribution in [2.75, 3.05) is 0 Å². The number of ether oxygens (including phenoxy) is 1. The highest BCUT2D eigenvalue weighted by Crippen LogP contribution is 2.11. The summed E-state index contributed by atoms with van der Waals surface area (Å²) in [5.74, 6) is 0.0969. The summed E-state index contributed by atoms with van der Waals surface area (Å²) < 4.78 is 4.54. The number of hydrogen-bond acceptors (Lipinski definition) is 4. The van der Waals surface area contributed by atoms with E-state index in [1.54, 1.807) is 12.3 Å². The third-order valence-corrected chi connectivity index (χ3v) is 1.44. The monoisotopic (exact) mass is 178 g/mol. The summed E-state index contributed by atoms with van der Waals surface area (Å²) in [5, 5.41) is 0. The quantitative estimate of drug-likeness (QED) is 0.661. The van der Waals surface area contributed by atoms with Crippen molar-refractivity contribution < 1.29 is 9.53 Å². The number of carbonyl (C=O) groups is 1. The summed E-state index contributed by atoms with van der Waals surface area (Å²) in [6.45, 7) is 0. The molecule has 6 nitrogen and oxygen atoms in total. The molecule has 0 saturated carbocycles. The molecule has 2 aromatic rings. The third-order valence-electron chi connectivity index (χ3n) is 1.44. The topological polar surface area (TPSA) is 93.9 Å². The van der Waals surface area contributed by atoms with Gasteiger partial charge in [-0.1, -0.05) is 0 Å². The molecule has 0 aromatic carbocycles. The normalized spacial score (nSPS) is 10.2. The van der Waals surface area contributed by atoms with Crippen molar-refractivity contribution in [3.05, 3.63) is 18.5 Å². The smallest absolute Gasteiger partial charge is 0.390 e. The Hall–Kier alpha value is -2.11. The van der Waals surface area contributed by atoms with Crippen molar-refractivity contribution in [3.8, 4) is 5.88 Å². The lowest BCUT2D eigenvalue weighted by molar-refractivity contribution is 0.209. The number of carbonyl (C=O) groups excluding carboxylic acids is 1. The van der Waals surface area contributed by atoms with Gasteiger partial charge in [-0.05, 0) is 6.07 Å². The summed E-state index contributed by atoms with van der Waals surface area (Å²) in [6, 6.07) is 1.72. The molecule has 13 heavy (non-hydrogen) atoms. The van der Waals surface area contributed by atoms with Crippen LogP contribution in [0.3, 0.4) is 0 Å². The van der Waals surface area contributed by atoms with Gasteiger partial charge in [0.1, 0.15) is 5.52 Å². The molecule has 0 aliphatic heterocycles.